The van der Waals surface area contributed by atoms with Gasteiger partial charge in [0.2, 0.25) is 0 Å². The molecule has 0 aromatic heterocycles. The summed E-state index contributed by atoms with van der Waals surface area (Å²) in [5, 5.41) is 14.5. The van der Waals surface area contributed by atoms with E-state index in [1.54, 1.807) is 0 Å². The van der Waals surface area contributed by atoms with Gasteiger partial charge in [0, 0.05) is 10.5 Å². The number of nitrogens with one attached hydrogen (secondary N) is 2. The first kappa shape index (κ1) is 14.8. The number of carboxylic acid groups (broad SMARTS) is 1. The van der Waals surface area contributed by atoms with Gasteiger partial charge in [0.25, 0.3) is 0 Å². The minimum absolute atomic E-state index is 0.0691. The number of benzene rings is 1. The van der Waals surface area contributed by atoms with Crippen LogP contribution in [0, 0.1) is 12.8 Å². The first-order valence-corrected chi connectivity index (χ1v) is 7.31. The molecule has 0 bridgehead atoms. The quantitative estimate of drug-likeness (QED) is 0.790. The van der Waals surface area contributed by atoms with Crippen molar-refractivity contribution in [3.8, 4) is 0 Å². The summed E-state index contributed by atoms with van der Waals surface area (Å²) < 4.78 is 0.822. The third-order valence-corrected chi connectivity index (χ3v) is 4.15. The van der Waals surface area contributed by atoms with Crippen molar-refractivity contribution in [3.63, 3.8) is 0 Å². The second kappa shape index (κ2) is 6.26. The number of hydrogen-bond acceptors (Lipinski definition) is 2. The Bertz CT molecular complexity index is 533. The fraction of sp³-hybridized carbons (Fsp3) is 0.429. The number of halogens is 1. The molecule has 0 saturated heterocycles. The van der Waals surface area contributed by atoms with Crippen LogP contribution in [-0.2, 0) is 4.79 Å². The normalized spacial score (nSPS) is 21.5. The number of aliphatic carboxylic acids is 1. The first-order valence-electron chi connectivity index (χ1n) is 6.52. The molecule has 1 saturated carbocycles. The Labute approximate surface area is 125 Å². The molecule has 0 heterocycles. The van der Waals surface area contributed by atoms with Crippen molar-refractivity contribution in [1.82, 2.24) is 5.32 Å². The fourth-order valence-corrected chi connectivity index (χ4v) is 2.99. The maximum atomic E-state index is 11.9. The molecule has 1 aromatic rings. The monoisotopic (exact) mass is 340 g/mol. The highest BCUT2D eigenvalue weighted by Crippen LogP contribution is 2.26. The van der Waals surface area contributed by atoms with Gasteiger partial charge < -0.3 is 15.7 Å². The molecule has 1 aliphatic rings. The molecular weight excluding hydrogens is 324 g/mol. The Hall–Kier alpha value is -1.56. The third-order valence-electron chi connectivity index (χ3n) is 3.49. The smallest absolute Gasteiger partial charge is 0.319 e. The maximum Gasteiger partial charge on any atom is 0.319 e. The largest absolute Gasteiger partial charge is 0.481 e. The van der Waals surface area contributed by atoms with E-state index in [2.05, 4.69) is 26.6 Å². The Kier molecular flexibility index (Phi) is 4.65. The van der Waals surface area contributed by atoms with Crippen LogP contribution in [0.1, 0.15) is 24.8 Å². The van der Waals surface area contributed by atoms with Crippen LogP contribution in [0.5, 0.6) is 0 Å². The minimum Gasteiger partial charge on any atom is -0.481 e. The number of rotatable bonds is 3. The SMILES string of the molecule is Cc1ccc(NC(=O)NC2CCC(C(=O)O)C2)c(Br)c1. The van der Waals surface area contributed by atoms with E-state index in [1.165, 1.54) is 0 Å². The van der Waals surface area contributed by atoms with E-state index in [9.17, 15) is 9.59 Å². The predicted octanol–water partition coefficient (Wildman–Crippen LogP) is 3.13. The van der Waals surface area contributed by atoms with E-state index in [-0.39, 0.29) is 18.0 Å². The molecule has 2 amide bonds. The van der Waals surface area contributed by atoms with Crippen molar-refractivity contribution in [2.45, 2.75) is 32.2 Å². The van der Waals surface area contributed by atoms with Crippen LogP contribution >= 0.6 is 15.9 Å². The second-order valence-corrected chi connectivity index (χ2v) is 5.98. The van der Waals surface area contributed by atoms with Crippen LogP contribution in [0.25, 0.3) is 0 Å². The van der Waals surface area contributed by atoms with Gasteiger partial charge in [-0.05, 0) is 59.8 Å². The maximum absolute atomic E-state index is 11.9. The lowest BCUT2D eigenvalue weighted by Crippen LogP contribution is -2.36. The Morgan fingerprint density at radius 2 is 2.10 bits per heavy atom. The first-order chi connectivity index (χ1) is 9.45. The number of carbonyl (C=O) groups is 2. The van der Waals surface area contributed by atoms with Gasteiger partial charge in [-0.3, -0.25) is 4.79 Å². The number of carbonyl (C=O) groups excluding carboxylic acids is 1. The van der Waals surface area contributed by atoms with Gasteiger partial charge in [0.1, 0.15) is 0 Å². The van der Waals surface area contributed by atoms with E-state index in [0.29, 0.717) is 24.9 Å². The highest BCUT2D eigenvalue weighted by Gasteiger charge is 2.30. The summed E-state index contributed by atoms with van der Waals surface area (Å²) >= 11 is 3.40. The van der Waals surface area contributed by atoms with Gasteiger partial charge in [0.05, 0.1) is 11.6 Å². The standard InChI is InChI=1S/C14H17BrN2O3/c1-8-2-5-12(11(15)6-8)17-14(20)16-10-4-3-9(7-10)13(18)19/h2,5-6,9-10H,3-4,7H2,1H3,(H,18,19)(H2,16,17,20). The van der Waals surface area contributed by atoms with Gasteiger partial charge >= 0.3 is 12.0 Å². The van der Waals surface area contributed by atoms with E-state index in [1.807, 2.05) is 25.1 Å². The van der Waals surface area contributed by atoms with Crippen LogP contribution in [0.2, 0.25) is 0 Å². The molecule has 1 fully saturated rings. The topological polar surface area (TPSA) is 78.4 Å². The molecule has 2 unspecified atom stereocenters. The van der Waals surface area contributed by atoms with Crippen molar-refractivity contribution in [2.24, 2.45) is 5.92 Å². The van der Waals surface area contributed by atoms with Crippen LogP contribution in [0.15, 0.2) is 22.7 Å². The van der Waals surface area contributed by atoms with Gasteiger partial charge in [0.15, 0.2) is 0 Å². The van der Waals surface area contributed by atoms with Crippen molar-refractivity contribution < 1.29 is 14.7 Å². The zero-order valence-corrected chi connectivity index (χ0v) is 12.7. The summed E-state index contributed by atoms with van der Waals surface area (Å²) in [6, 6.07) is 5.29. The summed E-state index contributed by atoms with van der Waals surface area (Å²) in [4.78, 5) is 22.8. The summed E-state index contributed by atoms with van der Waals surface area (Å²) in [7, 11) is 0. The average molecular weight is 341 g/mol. The van der Waals surface area contributed by atoms with Gasteiger partial charge in [-0.1, -0.05) is 6.07 Å². The number of hydrogen-bond donors (Lipinski definition) is 3. The molecule has 1 aliphatic carbocycles. The molecule has 20 heavy (non-hydrogen) atoms. The highest BCUT2D eigenvalue weighted by molar-refractivity contribution is 9.10. The number of urea groups is 1. The number of carboxylic acids is 1. The molecule has 5 nitrogen and oxygen atoms in total. The summed E-state index contributed by atoms with van der Waals surface area (Å²) in [6.45, 7) is 1.97. The van der Waals surface area contributed by atoms with E-state index < -0.39 is 5.97 Å². The Morgan fingerprint density at radius 1 is 1.35 bits per heavy atom. The zero-order valence-electron chi connectivity index (χ0n) is 11.1. The molecule has 1 aromatic carbocycles. The van der Waals surface area contributed by atoms with Crippen molar-refractivity contribution in [1.29, 1.82) is 0 Å². The third kappa shape index (κ3) is 3.72. The Morgan fingerprint density at radius 3 is 2.70 bits per heavy atom. The molecule has 0 radical (unpaired) electrons. The molecular formula is C14H17BrN2O3. The van der Waals surface area contributed by atoms with Gasteiger partial charge in [-0.25, -0.2) is 4.79 Å². The molecule has 3 N–H and O–H groups in total. The zero-order chi connectivity index (χ0) is 14.7. The highest BCUT2D eigenvalue weighted by atomic mass is 79.9. The minimum atomic E-state index is -0.781. The second-order valence-electron chi connectivity index (χ2n) is 5.13. The fourth-order valence-electron chi connectivity index (χ4n) is 2.40. The van der Waals surface area contributed by atoms with Crippen LogP contribution < -0.4 is 10.6 Å². The van der Waals surface area contributed by atoms with Crippen molar-refractivity contribution in [2.75, 3.05) is 5.32 Å². The molecule has 2 rings (SSSR count). The predicted molar refractivity (Wildman–Crippen MR) is 79.8 cm³/mol. The average Bonchev–Trinajstić information content (AvgIpc) is 2.81. The van der Waals surface area contributed by atoms with E-state index >= 15 is 0 Å². The molecule has 6 heteroatoms. The molecule has 2 atom stereocenters. The van der Waals surface area contributed by atoms with Gasteiger partial charge in [-0.15, -0.1) is 0 Å². The lowest BCUT2D eigenvalue weighted by Gasteiger charge is -2.14. The van der Waals surface area contributed by atoms with E-state index in [0.717, 1.165) is 10.0 Å². The van der Waals surface area contributed by atoms with Gasteiger partial charge in [-0.2, -0.15) is 0 Å². The van der Waals surface area contributed by atoms with Crippen LogP contribution in [0.3, 0.4) is 0 Å². The molecule has 0 aliphatic heterocycles. The Balaban J connectivity index is 1.88. The summed E-state index contributed by atoms with van der Waals surface area (Å²) in [5.41, 5.74) is 1.80. The van der Waals surface area contributed by atoms with Crippen LogP contribution in [0.4, 0.5) is 10.5 Å². The summed E-state index contributed by atoms with van der Waals surface area (Å²) in [6.07, 6.45) is 1.83. The summed E-state index contributed by atoms with van der Waals surface area (Å²) in [5.74, 6) is -1.12. The lowest BCUT2D eigenvalue weighted by molar-refractivity contribution is -0.141. The number of anilines is 1. The lowest BCUT2D eigenvalue weighted by atomic mass is 10.1. The van der Waals surface area contributed by atoms with Crippen molar-refractivity contribution in [3.05, 3.63) is 28.2 Å². The molecule has 0 spiro atoms. The van der Waals surface area contributed by atoms with E-state index in [4.69, 9.17) is 5.11 Å². The van der Waals surface area contributed by atoms with Crippen molar-refractivity contribution >= 4 is 33.6 Å². The number of aryl methyl sites for hydroxylation is 1. The van der Waals surface area contributed by atoms with Crippen LogP contribution in [-0.4, -0.2) is 23.1 Å². The number of amides is 2. The molecule has 108 valence electrons.